The highest BCUT2D eigenvalue weighted by molar-refractivity contribution is 5.83. The van der Waals surface area contributed by atoms with Gasteiger partial charge in [-0.3, -0.25) is 19.7 Å². The molecule has 0 fully saturated rings. The Kier molecular flexibility index (Phi) is 3.41. The molecular weight excluding hydrogens is 330 g/mol. The maximum Gasteiger partial charge on any atom is 0.314 e. The first-order valence-electron chi connectivity index (χ1n) is 7.70. The van der Waals surface area contributed by atoms with Gasteiger partial charge in [0.05, 0.1) is 16.0 Å². The quantitative estimate of drug-likeness (QED) is 0.340. The highest BCUT2D eigenvalue weighted by atomic mass is 16.6. The Morgan fingerprint density at radius 3 is 2.68 bits per heavy atom. The van der Waals surface area contributed by atoms with Crippen molar-refractivity contribution in [2.24, 2.45) is 5.92 Å². The lowest BCUT2D eigenvalue weighted by Crippen LogP contribution is -2.29. The van der Waals surface area contributed by atoms with Crippen LogP contribution in [0.3, 0.4) is 0 Å². The standard InChI is InChI=1S/C14H13N7O4/c22-13-14(23)16-12-8-4-6(1-2-11-17-19-20-18-11)3-7(8)10(21(24)25)5-9(12)15-13/h5-6H,1-4H2,(H,15,22)(H,16,23)(H,17,18,19,20). The van der Waals surface area contributed by atoms with Crippen molar-refractivity contribution in [1.82, 2.24) is 30.6 Å². The summed E-state index contributed by atoms with van der Waals surface area (Å²) in [6, 6.07) is 1.31. The maximum atomic E-state index is 11.7. The summed E-state index contributed by atoms with van der Waals surface area (Å²) in [5.74, 6) is 0.751. The van der Waals surface area contributed by atoms with E-state index in [1.165, 1.54) is 6.07 Å². The van der Waals surface area contributed by atoms with E-state index in [0.29, 0.717) is 36.2 Å². The number of hydrogen-bond acceptors (Lipinski definition) is 7. The summed E-state index contributed by atoms with van der Waals surface area (Å²) in [7, 11) is 0. The van der Waals surface area contributed by atoms with Crippen molar-refractivity contribution in [1.29, 1.82) is 0 Å². The molecule has 1 aliphatic rings. The van der Waals surface area contributed by atoms with Gasteiger partial charge in [-0.1, -0.05) is 5.21 Å². The SMILES string of the molecule is O=c1[nH]c2cc([N+](=O)[O-])c3c(c2[nH]c1=O)CC(CCc1nn[nH]n1)C3. The molecule has 0 amide bonds. The van der Waals surface area contributed by atoms with E-state index in [0.717, 1.165) is 12.0 Å². The molecule has 1 atom stereocenters. The molecule has 0 saturated heterocycles. The van der Waals surface area contributed by atoms with Crippen LogP contribution in [0.1, 0.15) is 23.4 Å². The Hall–Kier alpha value is -3.37. The van der Waals surface area contributed by atoms with Gasteiger partial charge in [0.2, 0.25) is 0 Å². The van der Waals surface area contributed by atoms with E-state index in [9.17, 15) is 19.7 Å². The molecule has 128 valence electrons. The molecule has 0 radical (unpaired) electrons. The van der Waals surface area contributed by atoms with Crippen LogP contribution >= 0.6 is 0 Å². The van der Waals surface area contributed by atoms with E-state index in [2.05, 4.69) is 30.6 Å². The topological polar surface area (TPSA) is 163 Å². The van der Waals surface area contributed by atoms with E-state index in [4.69, 9.17) is 0 Å². The van der Waals surface area contributed by atoms with Gasteiger partial charge >= 0.3 is 11.1 Å². The van der Waals surface area contributed by atoms with Crippen LogP contribution < -0.4 is 11.1 Å². The van der Waals surface area contributed by atoms with E-state index in [-0.39, 0.29) is 17.1 Å². The third-order valence-electron chi connectivity index (χ3n) is 4.57. The second kappa shape index (κ2) is 5.61. The van der Waals surface area contributed by atoms with Gasteiger partial charge in [-0.05, 0) is 30.7 Å². The van der Waals surface area contributed by atoms with Crippen LogP contribution in [0, 0.1) is 16.0 Å². The number of aromatic amines is 3. The summed E-state index contributed by atoms with van der Waals surface area (Å²) in [5.41, 5.74) is 0.439. The average molecular weight is 343 g/mol. The molecule has 0 spiro atoms. The van der Waals surface area contributed by atoms with Gasteiger partial charge in [-0.2, -0.15) is 5.21 Å². The molecule has 3 N–H and O–H groups in total. The second-order valence-corrected chi connectivity index (χ2v) is 6.08. The number of nitro benzene ring substituents is 1. The number of fused-ring (bicyclic) bond motifs is 3. The zero-order valence-electron chi connectivity index (χ0n) is 12.9. The first-order valence-corrected chi connectivity index (χ1v) is 7.70. The van der Waals surface area contributed by atoms with E-state index in [1.54, 1.807) is 0 Å². The van der Waals surface area contributed by atoms with E-state index >= 15 is 0 Å². The van der Waals surface area contributed by atoms with E-state index in [1.807, 2.05) is 0 Å². The smallest absolute Gasteiger partial charge is 0.314 e. The van der Waals surface area contributed by atoms with Crippen LogP contribution in [0.2, 0.25) is 0 Å². The Morgan fingerprint density at radius 2 is 1.96 bits per heavy atom. The number of aromatic nitrogens is 6. The zero-order chi connectivity index (χ0) is 17.6. The Labute approximate surface area is 138 Å². The summed E-state index contributed by atoms with van der Waals surface area (Å²) in [6.45, 7) is 0. The van der Waals surface area contributed by atoms with Crippen molar-refractivity contribution in [3.63, 3.8) is 0 Å². The van der Waals surface area contributed by atoms with Crippen LogP contribution in [0.4, 0.5) is 5.69 Å². The zero-order valence-corrected chi connectivity index (χ0v) is 12.9. The molecule has 0 saturated carbocycles. The molecule has 1 aromatic carbocycles. The van der Waals surface area contributed by atoms with Gasteiger partial charge in [0.15, 0.2) is 5.82 Å². The van der Waals surface area contributed by atoms with Crippen LogP contribution in [-0.4, -0.2) is 35.5 Å². The Balaban J connectivity index is 1.75. The summed E-state index contributed by atoms with van der Waals surface area (Å²) in [4.78, 5) is 39.1. The predicted molar refractivity (Wildman–Crippen MR) is 85.2 cm³/mol. The van der Waals surface area contributed by atoms with Crippen LogP contribution in [-0.2, 0) is 19.3 Å². The number of hydrogen-bond donors (Lipinski definition) is 3. The molecule has 11 nitrogen and oxygen atoms in total. The largest absolute Gasteiger partial charge is 0.316 e. The summed E-state index contributed by atoms with van der Waals surface area (Å²) in [6.07, 6.45) is 2.45. The molecule has 3 aromatic rings. The van der Waals surface area contributed by atoms with Gasteiger partial charge in [-0.15, -0.1) is 10.2 Å². The lowest BCUT2D eigenvalue weighted by molar-refractivity contribution is -0.385. The molecule has 0 bridgehead atoms. The Morgan fingerprint density at radius 1 is 1.20 bits per heavy atom. The number of aryl methyl sites for hydroxylation is 1. The van der Waals surface area contributed by atoms with Gasteiger partial charge in [0, 0.05) is 18.1 Å². The molecule has 4 rings (SSSR count). The predicted octanol–water partition coefficient (Wildman–Crippen LogP) is -0.0147. The first kappa shape index (κ1) is 15.2. The van der Waals surface area contributed by atoms with Crippen molar-refractivity contribution in [2.45, 2.75) is 25.7 Å². The number of benzene rings is 1. The monoisotopic (exact) mass is 343 g/mol. The minimum absolute atomic E-state index is 0.0349. The number of tetrazole rings is 1. The maximum absolute atomic E-state index is 11.7. The van der Waals surface area contributed by atoms with Gasteiger partial charge in [-0.25, -0.2) is 0 Å². The van der Waals surface area contributed by atoms with E-state index < -0.39 is 16.0 Å². The fraction of sp³-hybridized carbons (Fsp3) is 0.357. The molecular formula is C14H13N7O4. The molecule has 25 heavy (non-hydrogen) atoms. The summed E-state index contributed by atoms with van der Waals surface area (Å²) in [5, 5.41) is 25.1. The average Bonchev–Trinajstić information content (AvgIpc) is 3.22. The number of nitrogens with one attached hydrogen (secondary N) is 3. The molecule has 1 aliphatic carbocycles. The van der Waals surface area contributed by atoms with Crippen molar-refractivity contribution in [3.05, 3.63) is 53.8 Å². The van der Waals surface area contributed by atoms with Crippen LogP contribution in [0.15, 0.2) is 15.7 Å². The Bertz CT molecular complexity index is 1080. The number of rotatable bonds is 4. The number of nitrogens with zero attached hydrogens (tertiary/aromatic N) is 4. The third kappa shape index (κ3) is 2.58. The molecule has 2 aromatic heterocycles. The summed E-state index contributed by atoms with van der Waals surface area (Å²) < 4.78 is 0. The minimum Gasteiger partial charge on any atom is -0.316 e. The third-order valence-corrected chi connectivity index (χ3v) is 4.57. The number of nitro groups is 1. The van der Waals surface area contributed by atoms with Crippen molar-refractivity contribution >= 4 is 16.7 Å². The molecule has 0 aliphatic heterocycles. The highest BCUT2D eigenvalue weighted by Gasteiger charge is 2.31. The van der Waals surface area contributed by atoms with Crippen molar-refractivity contribution in [3.8, 4) is 0 Å². The fourth-order valence-corrected chi connectivity index (χ4v) is 3.45. The van der Waals surface area contributed by atoms with Gasteiger partial charge in [0.1, 0.15) is 0 Å². The minimum atomic E-state index is -0.826. The lowest BCUT2D eigenvalue weighted by atomic mass is 10.00. The molecule has 1 unspecified atom stereocenters. The van der Waals surface area contributed by atoms with Crippen molar-refractivity contribution in [2.75, 3.05) is 0 Å². The van der Waals surface area contributed by atoms with Gasteiger partial charge < -0.3 is 9.97 Å². The summed E-state index contributed by atoms with van der Waals surface area (Å²) >= 11 is 0. The van der Waals surface area contributed by atoms with Gasteiger partial charge in [0.25, 0.3) is 5.69 Å². The van der Waals surface area contributed by atoms with Crippen molar-refractivity contribution < 1.29 is 4.92 Å². The lowest BCUT2D eigenvalue weighted by Gasteiger charge is -2.06. The second-order valence-electron chi connectivity index (χ2n) is 6.08. The van der Waals surface area contributed by atoms with Crippen LogP contribution in [0.5, 0.6) is 0 Å². The normalized spacial score (nSPS) is 16.2. The fourth-order valence-electron chi connectivity index (χ4n) is 3.45. The first-order chi connectivity index (χ1) is 12.0. The highest BCUT2D eigenvalue weighted by Crippen LogP contribution is 2.38. The number of H-pyrrole nitrogens is 3. The van der Waals surface area contributed by atoms with Crippen LogP contribution in [0.25, 0.3) is 11.0 Å². The molecule has 2 heterocycles. The molecule has 11 heteroatoms.